The maximum atomic E-state index is 16.4. The first-order valence-electron chi connectivity index (χ1n) is 17.3. The molecule has 9 nitrogen and oxygen atoms in total. The van der Waals surface area contributed by atoms with Gasteiger partial charge in [-0.05, 0) is 91.0 Å². The van der Waals surface area contributed by atoms with Crippen LogP contribution in [0.4, 0.5) is 15.8 Å². The van der Waals surface area contributed by atoms with Crippen LogP contribution in [0.25, 0.3) is 0 Å². The summed E-state index contributed by atoms with van der Waals surface area (Å²) in [7, 11) is 1.40. The summed E-state index contributed by atoms with van der Waals surface area (Å²) < 4.78 is 21.9. The predicted molar refractivity (Wildman–Crippen MR) is 196 cm³/mol. The van der Waals surface area contributed by atoms with Crippen molar-refractivity contribution in [3.05, 3.63) is 87.2 Å². The van der Waals surface area contributed by atoms with Gasteiger partial charge in [-0.25, -0.2) is 9.18 Å². The molecular weight excluding hydrogens is 696 g/mol. The van der Waals surface area contributed by atoms with Crippen molar-refractivity contribution in [2.45, 2.75) is 76.3 Å². The number of methoxy groups -OCH3 is 1. The molecule has 1 amide bonds. The van der Waals surface area contributed by atoms with E-state index in [0.29, 0.717) is 42.9 Å². The van der Waals surface area contributed by atoms with E-state index in [0.717, 1.165) is 24.1 Å². The van der Waals surface area contributed by atoms with Gasteiger partial charge in [0.2, 0.25) is 5.91 Å². The molecule has 0 aromatic heterocycles. The van der Waals surface area contributed by atoms with Gasteiger partial charge in [0.1, 0.15) is 11.6 Å². The Hall–Kier alpha value is -3.86. The highest BCUT2D eigenvalue weighted by atomic mass is 35.5. The molecular formula is C39H44Cl2FN3O6. The topological polar surface area (TPSA) is 128 Å². The van der Waals surface area contributed by atoms with E-state index >= 15 is 4.39 Å². The maximum Gasteiger partial charge on any atom is 0.335 e. The van der Waals surface area contributed by atoms with Crippen molar-refractivity contribution < 1.29 is 33.7 Å². The van der Waals surface area contributed by atoms with Crippen LogP contribution >= 0.6 is 23.2 Å². The van der Waals surface area contributed by atoms with E-state index in [9.17, 15) is 24.6 Å². The molecule has 0 unspecified atom stereocenters. The first kappa shape index (κ1) is 36.9. The molecule has 1 spiro atoms. The summed E-state index contributed by atoms with van der Waals surface area (Å²) in [5, 5.41) is 26.3. The van der Waals surface area contributed by atoms with Gasteiger partial charge in [-0.2, -0.15) is 0 Å². The van der Waals surface area contributed by atoms with Crippen LogP contribution < -0.4 is 20.3 Å². The molecule has 272 valence electrons. The molecule has 12 heteroatoms. The van der Waals surface area contributed by atoms with Gasteiger partial charge < -0.3 is 30.5 Å². The molecule has 3 aliphatic rings. The zero-order valence-electron chi connectivity index (χ0n) is 29.1. The number of carbonyl (C=O) groups excluding carboxylic acids is 1. The van der Waals surface area contributed by atoms with Crippen LogP contribution in [0.5, 0.6) is 5.75 Å². The number of ether oxygens (including phenoxy) is 1. The first-order chi connectivity index (χ1) is 24.1. The van der Waals surface area contributed by atoms with Gasteiger partial charge in [0.15, 0.2) is 0 Å². The molecule has 1 aliphatic carbocycles. The lowest BCUT2D eigenvalue weighted by molar-refractivity contribution is -0.143. The average molecular weight is 741 g/mol. The molecule has 2 heterocycles. The lowest BCUT2D eigenvalue weighted by atomic mass is 9.63. The number of anilines is 2. The van der Waals surface area contributed by atoms with Crippen LogP contribution in [0.3, 0.4) is 0 Å². The van der Waals surface area contributed by atoms with E-state index in [4.69, 9.17) is 27.9 Å². The number of rotatable bonds is 9. The average Bonchev–Trinajstić information content (AvgIpc) is 3.55. The minimum atomic E-state index is -1.13. The largest absolute Gasteiger partial charge is 0.495 e. The fraction of sp³-hybridized carbons (Fsp3) is 0.462. The minimum Gasteiger partial charge on any atom is -0.495 e. The van der Waals surface area contributed by atoms with Crippen molar-refractivity contribution in [1.29, 1.82) is 0 Å². The third-order valence-electron chi connectivity index (χ3n) is 10.9. The second kappa shape index (κ2) is 14.3. The van der Waals surface area contributed by atoms with Gasteiger partial charge in [0.05, 0.1) is 35.3 Å². The number of carboxylic acid groups (broad SMARTS) is 2. The Balaban J connectivity index is 1.47. The zero-order chi connectivity index (χ0) is 36.8. The van der Waals surface area contributed by atoms with Gasteiger partial charge in [-0.3, -0.25) is 9.59 Å². The highest BCUT2D eigenvalue weighted by molar-refractivity contribution is 6.31. The van der Waals surface area contributed by atoms with E-state index < -0.39 is 41.0 Å². The highest BCUT2D eigenvalue weighted by Crippen LogP contribution is 2.58. The molecule has 2 fully saturated rings. The van der Waals surface area contributed by atoms with Crippen LogP contribution in [-0.4, -0.2) is 60.3 Å². The Morgan fingerprint density at radius 1 is 1.04 bits per heavy atom. The lowest BCUT2D eigenvalue weighted by Crippen LogP contribution is -2.48. The fourth-order valence-electron chi connectivity index (χ4n) is 8.69. The van der Waals surface area contributed by atoms with Crippen LogP contribution in [-0.2, 0) is 15.0 Å². The molecule has 1 saturated heterocycles. The number of fused-ring (bicyclic) bond motifs is 2. The van der Waals surface area contributed by atoms with Crippen molar-refractivity contribution in [1.82, 2.24) is 5.32 Å². The predicted octanol–water partition coefficient (Wildman–Crippen LogP) is 7.99. The molecule has 6 rings (SSSR count). The summed E-state index contributed by atoms with van der Waals surface area (Å²) in [5.74, 6) is -3.55. The molecule has 0 bridgehead atoms. The van der Waals surface area contributed by atoms with Gasteiger partial charge in [-0.1, -0.05) is 62.2 Å². The molecule has 3 aromatic rings. The van der Waals surface area contributed by atoms with Gasteiger partial charge in [-0.15, -0.1) is 0 Å². The smallest absolute Gasteiger partial charge is 0.335 e. The van der Waals surface area contributed by atoms with E-state index in [1.54, 1.807) is 12.1 Å². The second-order valence-corrected chi connectivity index (χ2v) is 16.3. The third-order valence-corrected chi connectivity index (χ3v) is 11.5. The molecule has 3 aromatic carbocycles. The van der Waals surface area contributed by atoms with Crippen LogP contribution in [0, 0.1) is 23.1 Å². The van der Waals surface area contributed by atoms with Crippen molar-refractivity contribution in [3.8, 4) is 5.75 Å². The zero-order valence-corrected chi connectivity index (χ0v) is 30.7. The Bertz CT molecular complexity index is 1840. The molecule has 2 aliphatic heterocycles. The lowest BCUT2D eigenvalue weighted by Gasteiger charge is -2.40. The van der Waals surface area contributed by atoms with Gasteiger partial charge in [0.25, 0.3) is 0 Å². The number of carboxylic acids is 2. The Kier molecular flexibility index (Phi) is 10.3. The number of carbonyl (C=O) groups is 3. The number of aromatic carboxylic acids is 1. The number of hydrogen-bond donors (Lipinski definition) is 4. The summed E-state index contributed by atoms with van der Waals surface area (Å²) in [6.45, 7) is 7.53. The summed E-state index contributed by atoms with van der Waals surface area (Å²) in [6, 6.07) is 13.6. The molecule has 4 atom stereocenters. The normalized spacial score (nSPS) is 25.9. The van der Waals surface area contributed by atoms with E-state index in [1.165, 1.54) is 31.4 Å². The van der Waals surface area contributed by atoms with Crippen LogP contribution in [0.15, 0.2) is 54.6 Å². The number of hydrogen-bond acceptors (Lipinski definition) is 6. The number of nitrogens with one attached hydrogen (secondary N) is 2. The van der Waals surface area contributed by atoms with Crippen molar-refractivity contribution in [2.75, 3.05) is 30.4 Å². The SMILES string of the molecule is COc1cc(C(=O)O)ccc1NC(=O)[C@@H]1N[C@@H](CC(C)(C)C)[C@@]2(CN(C[C@H]3CC[C@H](C(=O)O)CC3)c3cc(Cl)ccc32)[C@H]1c1cccc(Cl)c1F. The number of amides is 1. The molecule has 0 radical (unpaired) electrons. The maximum absolute atomic E-state index is 16.4. The fourth-order valence-corrected chi connectivity index (χ4v) is 9.04. The summed E-state index contributed by atoms with van der Waals surface area (Å²) in [5.41, 5.74) is 1.45. The number of halogens is 3. The van der Waals surface area contributed by atoms with Crippen LogP contribution in [0.2, 0.25) is 10.0 Å². The quantitative estimate of drug-likeness (QED) is 0.174. The van der Waals surface area contributed by atoms with Crippen molar-refractivity contribution in [3.63, 3.8) is 0 Å². The first-order valence-corrected chi connectivity index (χ1v) is 18.1. The van der Waals surface area contributed by atoms with Gasteiger partial charge in [0, 0.05) is 41.2 Å². The summed E-state index contributed by atoms with van der Waals surface area (Å²) in [4.78, 5) is 40.2. The minimum absolute atomic E-state index is 0.00433. The second-order valence-electron chi connectivity index (χ2n) is 15.4. The third kappa shape index (κ3) is 7.15. The van der Waals surface area contributed by atoms with E-state index in [-0.39, 0.29) is 45.3 Å². The van der Waals surface area contributed by atoms with Crippen molar-refractivity contribution in [2.24, 2.45) is 17.3 Å². The van der Waals surface area contributed by atoms with E-state index in [1.807, 2.05) is 18.2 Å². The number of aliphatic carboxylic acids is 1. The molecule has 51 heavy (non-hydrogen) atoms. The molecule has 1 saturated carbocycles. The Morgan fingerprint density at radius 2 is 1.76 bits per heavy atom. The monoisotopic (exact) mass is 739 g/mol. The van der Waals surface area contributed by atoms with E-state index in [2.05, 4.69) is 36.3 Å². The highest BCUT2D eigenvalue weighted by Gasteiger charge is 2.63. The van der Waals surface area contributed by atoms with Crippen molar-refractivity contribution >= 4 is 52.4 Å². The number of nitrogens with zero attached hydrogens (tertiary/aromatic N) is 1. The number of benzene rings is 3. The molecule has 4 N–H and O–H groups in total. The summed E-state index contributed by atoms with van der Waals surface area (Å²) in [6.07, 6.45) is 3.43. The Labute approximate surface area is 307 Å². The van der Waals surface area contributed by atoms with Gasteiger partial charge >= 0.3 is 11.9 Å². The van der Waals surface area contributed by atoms with Crippen LogP contribution in [0.1, 0.15) is 80.3 Å². The summed E-state index contributed by atoms with van der Waals surface area (Å²) >= 11 is 13.1. The Morgan fingerprint density at radius 3 is 2.41 bits per heavy atom. The standard InChI is InChI=1S/C39H44Cl2FN3O6/c1-38(2,3)18-31-39(20-45(29-17-24(40)13-14-26(29)39)19-21-8-10-22(11-9-21)36(47)48)32(25-6-5-7-27(41)33(25)42)34(44-31)35(46)43-28-15-12-23(37(49)50)16-30(28)51-4/h5-7,12-17,21-22,31-32,34,44H,8-11,18-20H2,1-4H3,(H,43,46)(H,47,48)(H,49,50)/t21-,22-,31-,32-,34+,39-/m0/s1.